The lowest BCUT2D eigenvalue weighted by Crippen LogP contribution is -1.98. The maximum Gasteiger partial charge on any atom is 0.237 e. The van der Waals surface area contributed by atoms with Crippen molar-refractivity contribution in [2.24, 2.45) is 9.98 Å². The van der Waals surface area contributed by atoms with E-state index in [4.69, 9.17) is 0 Å². The lowest BCUT2D eigenvalue weighted by Gasteiger charge is -1.98. The molecule has 0 fully saturated rings. The van der Waals surface area contributed by atoms with Crippen molar-refractivity contribution in [3.05, 3.63) is 12.2 Å². The number of carbonyl (C=O) groups excluding carboxylic acids is 2. The summed E-state index contributed by atoms with van der Waals surface area (Å²) in [6.45, 7) is 2.10. The van der Waals surface area contributed by atoms with Gasteiger partial charge in [-0.2, -0.15) is 9.98 Å². The van der Waals surface area contributed by atoms with Gasteiger partial charge in [-0.25, -0.2) is 9.59 Å². The monoisotopic (exact) mass is 194 g/mol. The van der Waals surface area contributed by atoms with Crippen LogP contribution < -0.4 is 0 Å². The number of rotatable bonds is 7. The predicted molar refractivity (Wildman–Crippen MR) is 53.3 cm³/mol. The van der Waals surface area contributed by atoms with Crippen molar-refractivity contribution in [1.29, 1.82) is 0 Å². The van der Waals surface area contributed by atoms with Crippen molar-refractivity contribution >= 4 is 12.2 Å². The molecule has 0 amide bonds. The van der Waals surface area contributed by atoms with Crippen LogP contribution in [-0.2, 0) is 9.59 Å². The number of nitrogens with zero attached hydrogens (tertiary/aromatic N) is 2. The summed E-state index contributed by atoms with van der Waals surface area (Å²) >= 11 is 0. The Kier molecular flexibility index (Phi) is 8.56. The fraction of sp³-hybridized carbons (Fsp3) is 0.600. The van der Waals surface area contributed by atoms with E-state index >= 15 is 0 Å². The van der Waals surface area contributed by atoms with Crippen molar-refractivity contribution in [3.8, 4) is 0 Å². The molecule has 0 saturated heterocycles. The molecule has 0 aliphatic heterocycles. The fourth-order valence-corrected chi connectivity index (χ4v) is 0.927. The van der Waals surface area contributed by atoms with Gasteiger partial charge in [-0.05, 0) is 19.3 Å². The van der Waals surface area contributed by atoms with Gasteiger partial charge in [-0.3, -0.25) is 0 Å². The second kappa shape index (κ2) is 9.59. The van der Waals surface area contributed by atoms with Gasteiger partial charge in [0, 0.05) is 0 Å². The zero-order valence-corrected chi connectivity index (χ0v) is 8.27. The fourth-order valence-electron chi connectivity index (χ4n) is 0.927. The van der Waals surface area contributed by atoms with Crippen molar-refractivity contribution < 1.29 is 9.59 Å². The van der Waals surface area contributed by atoms with Crippen molar-refractivity contribution in [2.75, 3.05) is 0 Å². The van der Waals surface area contributed by atoms with Crippen LogP contribution in [0.5, 0.6) is 0 Å². The third kappa shape index (κ3) is 7.17. The van der Waals surface area contributed by atoms with Gasteiger partial charge in [0.15, 0.2) is 6.17 Å². The van der Waals surface area contributed by atoms with Gasteiger partial charge in [-0.15, -0.1) is 0 Å². The molecular weight excluding hydrogens is 180 g/mol. The van der Waals surface area contributed by atoms with E-state index in [-0.39, 0.29) is 0 Å². The van der Waals surface area contributed by atoms with Gasteiger partial charge in [-0.1, -0.05) is 25.5 Å². The van der Waals surface area contributed by atoms with Crippen LogP contribution in [0.25, 0.3) is 0 Å². The Balaban J connectivity index is 3.82. The van der Waals surface area contributed by atoms with Crippen molar-refractivity contribution in [3.63, 3.8) is 0 Å². The lowest BCUT2D eigenvalue weighted by molar-refractivity contribution is 0.543. The Morgan fingerprint density at radius 2 is 1.71 bits per heavy atom. The predicted octanol–water partition coefficient (Wildman–Crippen LogP) is 2.12. The van der Waals surface area contributed by atoms with Gasteiger partial charge < -0.3 is 0 Å². The summed E-state index contributed by atoms with van der Waals surface area (Å²) in [6.07, 6.45) is 9.66. The molecule has 4 nitrogen and oxygen atoms in total. The first-order chi connectivity index (χ1) is 6.85. The van der Waals surface area contributed by atoms with Crippen LogP contribution in [0.4, 0.5) is 0 Å². The molecule has 0 bridgehead atoms. The highest BCUT2D eigenvalue weighted by molar-refractivity contribution is 5.36. The average Bonchev–Trinajstić information content (AvgIpc) is 2.18. The first-order valence-corrected chi connectivity index (χ1v) is 4.64. The minimum absolute atomic E-state index is 0.546. The summed E-state index contributed by atoms with van der Waals surface area (Å²) in [4.78, 5) is 26.6. The van der Waals surface area contributed by atoms with Crippen LogP contribution in [0.15, 0.2) is 22.1 Å². The highest BCUT2D eigenvalue weighted by Crippen LogP contribution is 2.03. The molecule has 0 aromatic carbocycles. The van der Waals surface area contributed by atoms with Gasteiger partial charge in [0.1, 0.15) is 0 Å². The molecular formula is C10H14N2O2. The molecule has 14 heavy (non-hydrogen) atoms. The second-order valence-corrected chi connectivity index (χ2v) is 2.76. The number of hydrogen-bond acceptors (Lipinski definition) is 4. The third-order valence-corrected chi connectivity index (χ3v) is 1.62. The van der Waals surface area contributed by atoms with E-state index in [1.807, 2.05) is 6.08 Å². The van der Waals surface area contributed by atoms with Crippen LogP contribution in [0.1, 0.15) is 32.6 Å². The Bertz CT molecular complexity index is 243. The minimum Gasteiger partial charge on any atom is -0.211 e. The molecule has 0 unspecified atom stereocenters. The Labute approximate surface area is 83.4 Å². The number of hydrogen-bond donors (Lipinski definition) is 0. The summed E-state index contributed by atoms with van der Waals surface area (Å²) in [6, 6.07) is 0. The summed E-state index contributed by atoms with van der Waals surface area (Å²) in [5.41, 5.74) is 0. The first kappa shape index (κ1) is 12.5. The first-order valence-electron chi connectivity index (χ1n) is 4.64. The normalized spacial score (nSPS) is 11.8. The van der Waals surface area contributed by atoms with Gasteiger partial charge >= 0.3 is 0 Å². The van der Waals surface area contributed by atoms with E-state index in [0.717, 1.165) is 19.3 Å². The van der Waals surface area contributed by atoms with E-state index < -0.39 is 6.17 Å². The molecule has 0 atom stereocenters. The standard InChI is InChI=1S/C10H14N2O2/c1-2-3-4-5-6-7-10(11-8-13)12-9-14/h4-5,10H,2-3,6-7H2,1H3. The summed E-state index contributed by atoms with van der Waals surface area (Å²) < 4.78 is 0. The highest BCUT2D eigenvalue weighted by Gasteiger charge is 2.01. The summed E-state index contributed by atoms with van der Waals surface area (Å²) in [5.74, 6) is 0. The molecule has 0 N–H and O–H groups in total. The summed E-state index contributed by atoms with van der Waals surface area (Å²) in [7, 11) is 0. The number of allylic oxidation sites excluding steroid dienone is 2. The molecule has 0 saturated carbocycles. The van der Waals surface area contributed by atoms with Crippen LogP contribution in [-0.4, -0.2) is 18.3 Å². The Morgan fingerprint density at radius 1 is 1.14 bits per heavy atom. The zero-order valence-electron chi connectivity index (χ0n) is 8.27. The molecule has 0 aromatic heterocycles. The number of unbranched alkanes of at least 4 members (excludes halogenated alkanes) is 1. The van der Waals surface area contributed by atoms with Crippen LogP contribution in [0, 0.1) is 0 Å². The van der Waals surface area contributed by atoms with Gasteiger partial charge in [0.05, 0.1) is 0 Å². The molecule has 4 heteroatoms. The molecule has 0 aliphatic rings. The van der Waals surface area contributed by atoms with Crippen molar-refractivity contribution in [2.45, 2.75) is 38.8 Å². The topological polar surface area (TPSA) is 58.9 Å². The van der Waals surface area contributed by atoms with E-state index in [9.17, 15) is 9.59 Å². The lowest BCUT2D eigenvalue weighted by atomic mass is 10.2. The van der Waals surface area contributed by atoms with E-state index in [1.54, 1.807) is 0 Å². The van der Waals surface area contributed by atoms with Gasteiger partial charge in [0.2, 0.25) is 12.2 Å². The quantitative estimate of drug-likeness (QED) is 0.354. The highest BCUT2D eigenvalue weighted by atomic mass is 16.1. The van der Waals surface area contributed by atoms with Crippen LogP contribution in [0.2, 0.25) is 0 Å². The van der Waals surface area contributed by atoms with E-state index in [0.29, 0.717) is 6.42 Å². The molecule has 0 spiro atoms. The minimum atomic E-state index is -0.615. The second-order valence-electron chi connectivity index (χ2n) is 2.76. The number of aliphatic imine (C=N–C) groups is 2. The molecule has 0 heterocycles. The Hall–Kier alpha value is -1.50. The molecule has 0 aromatic rings. The largest absolute Gasteiger partial charge is 0.237 e. The Morgan fingerprint density at radius 3 is 2.21 bits per heavy atom. The molecule has 0 rings (SSSR count). The average molecular weight is 194 g/mol. The third-order valence-electron chi connectivity index (χ3n) is 1.62. The van der Waals surface area contributed by atoms with Crippen LogP contribution in [0.3, 0.4) is 0 Å². The van der Waals surface area contributed by atoms with E-state index in [2.05, 4.69) is 23.0 Å². The summed E-state index contributed by atoms with van der Waals surface area (Å²) in [5, 5.41) is 0. The molecule has 0 radical (unpaired) electrons. The van der Waals surface area contributed by atoms with Crippen LogP contribution >= 0.6 is 0 Å². The van der Waals surface area contributed by atoms with Crippen molar-refractivity contribution in [1.82, 2.24) is 0 Å². The maximum atomic E-state index is 9.93. The van der Waals surface area contributed by atoms with Gasteiger partial charge in [0.25, 0.3) is 0 Å². The molecule has 76 valence electrons. The maximum absolute atomic E-state index is 9.93. The van der Waals surface area contributed by atoms with E-state index in [1.165, 1.54) is 12.2 Å². The number of isocyanates is 2. The zero-order chi connectivity index (χ0) is 10.6. The smallest absolute Gasteiger partial charge is 0.211 e. The molecule has 0 aliphatic carbocycles. The SMILES string of the molecule is CCCC=CCCC(N=C=O)N=C=O.